The molecule has 2 aromatic rings. The van der Waals surface area contributed by atoms with Gasteiger partial charge < -0.3 is 15.2 Å². The molecular formula is C14H14IN2O4S-. The van der Waals surface area contributed by atoms with Crippen molar-refractivity contribution in [2.24, 2.45) is 0 Å². The van der Waals surface area contributed by atoms with Gasteiger partial charge in [0.2, 0.25) is 5.91 Å². The third kappa shape index (κ3) is 4.08. The second-order valence-electron chi connectivity index (χ2n) is 4.52. The molecule has 2 rings (SSSR count). The Morgan fingerprint density at radius 2 is 1.77 bits per heavy atom. The molecular weight excluding hydrogens is 419 g/mol. The lowest BCUT2D eigenvalue weighted by Crippen LogP contribution is -2.29. The predicted molar refractivity (Wildman–Crippen MR) is 92.3 cm³/mol. The summed E-state index contributed by atoms with van der Waals surface area (Å²) in [7, 11) is -4.52. The van der Waals surface area contributed by atoms with Gasteiger partial charge in [0.1, 0.15) is 10.1 Å². The van der Waals surface area contributed by atoms with E-state index in [-0.39, 0.29) is 10.8 Å². The zero-order valence-corrected chi connectivity index (χ0v) is 14.5. The van der Waals surface area contributed by atoms with Crippen LogP contribution < -0.4 is 10.6 Å². The van der Waals surface area contributed by atoms with Gasteiger partial charge in [0, 0.05) is 29.5 Å². The van der Waals surface area contributed by atoms with E-state index in [1.54, 1.807) is 24.3 Å². The van der Waals surface area contributed by atoms with E-state index in [1.807, 2.05) is 22.6 Å². The zero-order chi connectivity index (χ0) is 16.2. The van der Waals surface area contributed by atoms with E-state index < -0.39 is 10.1 Å². The lowest BCUT2D eigenvalue weighted by Gasteiger charge is -2.14. The molecule has 0 aliphatic rings. The number of rotatable bonds is 6. The molecule has 8 heteroatoms. The van der Waals surface area contributed by atoms with Crippen LogP contribution in [0, 0.1) is 0 Å². The van der Waals surface area contributed by atoms with Gasteiger partial charge in [-0.2, -0.15) is 0 Å². The number of nitrogens with one attached hydrogen (secondary N) is 2. The summed E-state index contributed by atoms with van der Waals surface area (Å²) in [5.41, 5.74) is 0.715. The maximum atomic E-state index is 11.3. The fourth-order valence-electron chi connectivity index (χ4n) is 2.10. The fourth-order valence-corrected chi connectivity index (χ4v) is 3.06. The van der Waals surface area contributed by atoms with Crippen LogP contribution in [-0.4, -0.2) is 36.4 Å². The molecule has 0 aliphatic heterocycles. The largest absolute Gasteiger partial charge is 0.744 e. The third-order valence-corrected chi connectivity index (χ3v) is 4.62. The van der Waals surface area contributed by atoms with Gasteiger partial charge in [-0.25, -0.2) is 8.42 Å². The number of alkyl halides is 1. The quantitative estimate of drug-likeness (QED) is 0.313. The minimum absolute atomic E-state index is 0.0416. The summed E-state index contributed by atoms with van der Waals surface area (Å²) in [6, 6.07) is 9.66. The van der Waals surface area contributed by atoms with Crippen molar-refractivity contribution in [3.05, 3.63) is 36.4 Å². The van der Waals surface area contributed by atoms with Crippen LogP contribution in [0.1, 0.15) is 0 Å². The Kier molecular flexibility index (Phi) is 5.59. The molecule has 0 aliphatic carbocycles. The van der Waals surface area contributed by atoms with Crippen LogP contribution in [0.2, 0.25) is 0 Å². The van der Waals surface area contributed by atoms with Crippen molar-refractivity contribution in [3.8, 4) is 0 Å². The highest BCUT2D eigenvalue weighted by Gasteiger charge is 2.09. The smallest absolute Gasteiger partial charge is 0.229 e. The average molecular weight is 433 g/mol. The van der Waals surface area contributed by atoms with Gasteiger partial charge in [-0.15, -0.1) is 0 Å². The van der Waals surface area contributed by atoms with Crippen molar-refractivity contribution < 1.29 is 17.8 Å². The number of halogens is 1. The third-order valence-electron chi connectivity index (χ3n) is 3.04. The first-order valence-corrected chi connectivity index (χ1v) is 9.41. The Bertz CT molecular complexity index is 793. The number of anilines is 1. The highest BCUT2D eigenvalue weighted by molar-refractivity contribution is 14.1. The van der Waals surface area contributed by atoms with Crippen molar-refractivity contribution in [2.45, 2.75) is 4.90 Å². The first-order chi connectivity index (χ1) is 10.4. The topological polar surface area (TPSA) is 98.3 Å². The summed E-state index contributed by atoms with van der Waals surface area (Å²) >= 11 is 1.98. The number of hydrogen-bond donors (Lipinski definition) is 2. The molecule has 0 fully saturated rings. The van der Waals surface area contributed by atoms with Crippen molar-refractivity contribution in [2.75, 3.05) is 22.8 Å². The average Bonchev–Trinajstić information content (AvgIpc) is 2.49. The Morgan fingerprint density at radius 3 is 2.45 bits per heavy atom. The summed E-state index contributed by atoms with van der Waals surface area (Å²) < 4.78 is 34.3. The van der Waals surface area contributed by atoms with Gasteiger partial charge in [0.05, 0.1) is 9.32 Å². The number of hydrogen-bond acceptors (Lipinski definition) is 5. The molecule has 0 saturated heterocycles. The lowest BCUT2D eigenvalue weighted by molar-refractivity contribution is -0.118. The van der Waals surface area contributed by atoms with Crippen LogP contribution in [0.25, 0.3) is 10.8 Å². The Labute approximate surface area is 142 Å². The Hall–Kier alpha value is -1.39. The number of amides is 1. The van der Waals surface area contributed by atoms with E-state index in [2.05, 4.69) is 10.6 Å². The van der Waals surface area contributed by atoms with E-state index in [0.29, 0.717) is 34.0 Å². The Balaban J connectivity index is 2.23. The molecule has 0 heterocycles. The normalized spacial score (nSPS) is 11.4. The van der Waals surface area contributed by atoms with Gasteiger partial charge in [-0.3, -0.25) is 4.79 Å². The van der Waals surface area contributed by atoms with Gasteiger partial charge >= 0.3 is 0 Å². The molecule has 22 heavy (non-hydrogen) atoms. The van der Waals surface area contributed by atoms with Crippen molar-refractivity contribution in [3.63, 3.8) is 0 Å². The van der Waals surface area contributed by atoms with Gasteiger partial charge in [-0.1, -0.05) is 46.9 Å². The second kappa shape index (κ2) is 7.25. The molecule has 2 N–H and O–H groups in total. The van der Waals surface area contributed by atoms with Crippen LogP contribution in [0.5, 0.6) is 0 Å². The molecule has 0 atom stereocenters. The molecule has 0 spiro atoms. The van der Waals surface area contributed by atoms with Crippen molar-refractivity contribution in [1.82, 2.24) is 5.32 Å². The van der Waals surface area contributed by atoms with Crippen LogP contribution >= 0.6 is 22.6 Å². The lowest BCUT2D eigenvalue weighted by atomic mass is 10.1. The summed E-state index contributed by atoms with van der Waals surface area (Å²) in [6.07, 6.45) is 0. The highest BCUT2D eigenvalue weighted by Crippen LogP contribution is 2.28. The maximum absolute atomic E-state index is 11.3. The standard InChI is InChI=1S/C14H15IN2O4S/c15-9-14(18)17-8-7-16-12-5-1-4-11-10(12)3-2-6-13(11)22(19,20)21/h1-6,16H,7-9H2,(H,17,18)(H,19,20,21)/p-1. The van der Waals surface area contributed by atoms with Crippen LogP contribution in [0.15, 0.2) is 41.3 Å². The molecule has 0 aromatic heterocycles. The molecule has 2 aromatic carbocycles. The second-order valence-corrected chi connectivity index (χ2v) is 6.63. The summed E-state index contributed by atoms with van der Waals surface area (Å²) in [5, 5.41) is 6.90. The molecule has 0 unspecified atom stereocenters. The number of fused-ring (bicyclic) bond motifs is 1. The first kappa shape index (κ1) is 17.0. The van der Waals surface area contributed by atoms with Gasteiger partial charge in [0.25, 0.3) is 0 Å². The minimum Gasteiger partial charge on any atom is -0.744 e. The number of carbonyl (C=O) groups is 1. The molecule has 118 valence electrons. The van der Waals surface area contributed by atoms with Crippen LogP contribution in [0.3, 0.4) is 0 Å². The first-order valence-electron chi connectivity index (χ1n) is 6.47. The molecule has 0 radical (unpaired) electrons. The SMILES string of the molecule is O=C(CI)NCCNc1cccc2c(S(=O)(=O)[O-])cccc12. The van der Waals surface area contributed by atoms with Crippen LogP contribution in [-0.2, 0) is 14.9 Å². The summed E-state index contributed by atoms with van der Waals surface area (Å²) in [6.45, 7) is 0.952. The fraction of sp³-hybridized carbons (Fsp3) is 0.214. The van der Waals surface area contributed by atoms with Crippen molar-refractivity contribution >= 4 is 55.1 Å². The maximum Gasteiger partial charge on any atom is 0.229 e. The molecule has 0 bridgehead atoms. The van der Waals surface area contributed by atoms with Crippen molar-refractivity contribution in [1.29, 1.82) is 0 Å². The monoisotopic (exact) mass is 433 g/mol. The van der Waals surface area contributed by atoms with E-state index >= 15 is 0 Å². The minimum atomic E-state index is -4.52. The zero-order valence-electron chi connectivity index (χ0n) is 11.5. The highest BCUT2D eigenvalue weighted by atomic mass is 127. The summed E-state index contributed by atoms with van der Waals surface area (Å²) in [5.74, 6) is -0.0416. The van der Waals surface area contributed by atoms with Gasteiger partial charge in [0.15, 0.2) is 0 Å². The summed E-state index contributed by atoms with van der Waals surface area (Å²) in [4.78, 5) is 10.9. The van der Waals surface area contributed by atoms with Gasteiger partial charge in [-0.05, 0) is 12.1 Å². The van der Waals surface area contributed by atoms with E-state index in [4.69, 9.17) is 0 Å². The Morgan fingerprint density at radius 1 is 1.09 bits per heavy atom. The van der Waals surface area contributed by atoms with E-state index in [1.165, 1.54) is 12.1 Å². The van der Waals surface area contributed by atoms with Crippen LogP contribution in [0.4, 0.5) is 5.69 Å². The van der Waals surface area contributed by atoms with E-state index in [9.17, 15) is 17.8 Å². The molecule has 1 amide bonds. The molecule has 6 nitrogen and oxygen atoms in total. The van der Waals surface area contributed by atoms with E-state index in [0.717, 1.165) is 0 Å². The molecule has 0 saturated carbocycles. The number of benzene rings is 2. The number of carbonyl (C=O) groups excluding carboxylic acids is 1. The predicted octanol–water partition coefficient (Wildman–Crippen LogP) is 1.71.